The molecule has 0 heterocycles. The minimum absolute atomic E-state index is 0.0540. The Balaban J connectivity index is 1.13. The van der Waals surface area contributed by atoms with Crippen molar-refractivity contribution in [2.45, 2.75) is 19.3 Å². The number of hydrogen-bond donors (Lipinski definition) is 0. The van der Waals surface area contributed by atoms with Gasteiger partial charge in [-0.1, -0.05) is 117 Å². The molecule has 0 atom stereocenters. The lowest BCUT2D eigenvalue weighted by Crippen LogP contribution is -2.15. The lowest BCUT2D eigenvalue weighted by atomic mass is 9.81. The normalized spacial score (nSPS) is 13.0. The largest absolute Gasteiger partial charge is 0.311 e. The van der Waals surface area contributed by atoms with Crippen molar-refractivity contribution in [3.63, 3.8) is 0 Å². The van der Waals surface area contributed by atoms with Crippen molar-refractivity contribution >= 4 is 27.8 Å². The Kier molecular flexibility index (Phi) is 6.20. The highest BCUT2D eigenvalue weighted by molar-refractivity contribution is 5.94. The maximum Gasteiger partial charge on any atom is 0.0462 e. The number of nitrogens with zero attached hydrogens (tertiary/aromatic N) is 1. The fraction of sp³-hybridized carbons (Fsp3) is 0.0698. The van der Waals surface area contributed by atoms with E-state index in [2.05, 4.69) is 183 Å². The van der Waals surface area contributed by atoms with Crippen LogP contribution in [-0.2, 0) is 5.41 Å². The fourth-order valence-corrected chi connectivity index (χ4v) is 6.88. The van der Waals surface area contributed by atoms with E-state index in [0.717, 1.165) is 17.1 Å². The summed E-state index contributed by atoms with van der Waals surface area (Å²) in [6, 6.07) is 59.5. The number of fused-ring (bicyclic) bond motifs is 4. The highest BCUT2D eigenvalue weighted by Crippen LogP contribution is 2.51. The zero-order chi connectivity index (χ0) is 29.7. The van der Waals surface area contributed by atoms with Crippen molar-refractivity contribution in [1.82, 2.24) is 0 Å². The molecule has 0 saturated heterocycles. The van der Waals surface area contributed by atoms with Crippen LogP contribution in [0, 0.1) is 0 Å². The van der Waals surface area contributed by atoms with Crippen LogP contribution in [0.5, 0.6) is 0 Å². The first kappa shape index (κ1) is 26.2. The van der Waals surface area contributed by atoms with E-state index in [4.69, 9.17) is 0 Å². The highest BCUT2D eigenvalue weighted by Gasteiger charge is 2.35. The lowest BCUT2D eigenvalue weighted by molar-refractivity contribution is 0.661. The zero-order valence-electron chi connectivity index (χ0n) is 25.0. The van der Waals surface area contributed by atoms with Crippen LogP contribution >= 0.6 is 0 Å². The Hall–Kier alpha value is -5.40. The van der Waals surface area contributed by atoms with E-state index in [1.54, 1.807) is 0 Å². The van der Waals surface area contributed by atoms with Crippen LogP contribution in [0.1, 0.15) is 25.0 Å². The van der Waals surface area contributed by atoms with Gasteiger partial charge in [0.1, 0.15) is 0 Å². The Labute approximate surface area is 259 Å². The molecule has 0 unspecified atom stereocenters. The van der Waals surface area contributed by atoms with E-state index < -0.39 is 0 Å². The topological polar surface area (TPSA) is 3.24 Å². The monoisotopic (exact) mass is 563 g/mol. The van der Waals surface area contributed by atoms with E-state index in [9.17, 15) is 0 Å². The van der Waals surface area contributed by atoms with E-state index >= 15 is 0 Å². The summed E-state index contributed by atoms with van der Waals surface area (Å²) in [4.78, 5) is 2.30. The molecule has 210 valence electrons. The molecule has 0 bridgehead atoms. The first-order valence-corrected chi connectivity index (χ1v) is 15.4. The molecule has 0 aromatic heterocycles. The number of rotatable bonds is 5. The molecule has 1 aliphatic carbocycles. The van der Waals surface area contributed by atoms with Gasteiger partial charge in [-0.3, -0.25) is 0 Å². The van der Waals surface area contributed by atoms with Crippen molar-refractivity contribution in [3.05, 3.63) is 175 Å². The maximum absolute atomic E-state index is 2.42. The molecule has 0 amide bonds. The molecular weight excluding hydrogens is 530 g/mol. The summed E-state index contributed by atoms with van der Waals surface area (Å²) in [6.07, 6.45) is 0. The summed E-state index contributed by atoms with van der Waals surface area (Å²) in [5.41, 5.74) is 13.8. The minimum atomic E-state index is -0.0540. The number of benzene rings is 7. The molecule has 7 aromatic carbocycles. The van der Waals surface area contributed by atoms with Crippen molar-refractivity contribution in [2.24, 2.45) is 0 Å². The maximum atomic E-state index is 2.42. The molecule has 0 aliphatic heterocycles. The molecule has 0 saturated carbocycles. The third-order valence-corrected chi connectivity index (χ3v) is 9.23. The molecule has 1 nitrogen and oxygen atoms in total. The molecule has 8 rings (SSSR count). The first-order valence-electron chi connectivity index (χ1n) is 15.4. The van der Waals surface area contributed by atoms with Gasteiger partial charge >= 0.3 is 0 Å². The van der Waals surface area contributed by atoms with Crippen LogP contribution in [-0.4, -0.2) is 0 Å². The van der Waals surface area contributed by atoms with Crippen molar-refractivity contribution < 1.29 is 0 Å². The molecule has 0 spiro atoms. The molecule has 0 radical (unpaired) electrons. The van der Waals surface area contributed by atoms with Gasteiger partial charge in [0.15, 0.2) is 0 Å². The van der Waals surface area contributed by atoms with E-state index in [1.807, 2.05) is 0 Å². The highest BCUT2D eigenvalue weighted by atomic mass is 15.1. The van der Waals surface area contributed by atoms with Gasteiger partial charge in [0, 0.05) is 22.5 Å². The number of para-hydroxylation sites is 2. The molecule has 0 N–H and O–H groups in total. The van der Waals surface area contributed by atoms with Crippen molar-refractivity contribution in [2.75, 3.05) is 4.90 Å². The molecule has 1 aliphatic rings. The SMILES string of the molecule is CC1(C)c2cc(-c3cccc(-c4ccc(N(c5ccccc5)c5ccccc5)cc4)c3)ccc2-c2cc3ccccc3cc21. The van der Waals surface area contributed by atoms with E-state index in [1.165, 1.54) is 55.3 Å². The Bertz CT molecular complexity index is 2080. The Morgan fingerprint density at radius 3 is 1.52 bits per heavy atom. The van der Waals surface area contributed by atoms with Crippen LogP contribution in [0.3, 0.4) is 0 Å². The van der Waals surface area contributed by atoms with Crippen LogP contribution in [0.2, 0.25) is 0 Å². The second-order valence-corrected chi connectivity index (χ2v) is 12.3. The summed E-state index contributed by atoms with van der Waals surface area (Å²) in [5.74, 6) is 0. The minimum Gasteiger partial charge on any atom is -0.311 e. The van der Waals surface area contributed by atoms with Gasteiger partial charge in [0.2, 0.25) is 0 Å². The van der Waals surface area contributed by atoms with Crippen LogP contribution in [0.25, 0.3) is 44.2 Å². The molecule has 1 heteroatoms. The summed E-state index contributed by atoms with van der Waals surface area (Å²) in [6.45, 7) is 4.73. The van der Waals surface area contributed by atoms with Gasteiger partial charge in [0.05, 0.1) is 0 Å². The van der Waals surface area contributed by atoms with Crippen LogP contribution < -0.4 is 4.90 Å². The summed E-state index contributed by atoms with van der Waals surface area (Å²) >= 11 is 0. The third-order valence-electron chi connectivity index (χ3n) is 9.23. The smallest absolute Gasteiger partial charge is 0.0462 e. The van der Waals surface area contributed by atoms with E-state index in [0.29, 0.717) is 0 Å². The van der Waals surface area contributed by atoms with Crippen molar-refractivity contribution in [3.8, 4) is 33.4 Å². The third kappa shape index (κ3) is 4.41. The quantitative estimate of drug-likeness (QED) is 0.201. The Morgan fingerprint density at radius 1 is 0.364 bits per heavy atom. The average Bonchev–Trinajstić information content (AvgIpc) is 3.30. The number of hydrogen-bond acceptors (Lipinski definition) is 1. The van der Waals surface area contributed by atoms with Gasteiger partial charge in [-0.25, -0.2) is 0 Å². The van der Waals surface area contributed by atoms with Gasteiger partial charge in [-0.2, -0.15) is 0 Å². The fourth-order valence-electron chi connectivity index (χ4n) is 6.88. The molecule has 0 fully saturated rings. The van der Waals surface area contributed by atoms with Gasteiger partial charge in [-0.15, -0.1) is 0 Å². The summed E-state index contributed by atoms with van der Waals surface area (Å²) in [7, 11) is 0. The zero-order valence-corrected chi connectivity index (χ0v) is 25.0. The Morgan fingerprint density at radius 2 is 0.864 bits per heavy atom. The molecule has 44 heavy (non-hydrogen) atoms. The van der Waals surface area contributed by atoms with Crippen LogP contribution in [0.4, 0.5) is 17.1 Å². The average molecular weight is 564 g/mol. The standard InChI is InChI=1S/C43H33N/c1-43(2)41-29-35(22-25-39(41)40-27-33-12-9-10-13-34(33)28-42(40)43)32-15-11-14-31(26-32)30-20-23-38(24-21-30)44(36-16-5-3-6-17-36)37-18-7-4-8-19-37/h3-29H,1-2H3. The van der Waals surface area contributed by atoms with Gasteiger partial charge < -0.3 is 4.90 Å². The van der Waals surface area contributed by atoms with E-state index in [-0.39, 0.29) is 5.41 Å². The predicted octanol–water partition coefficient (Wildman–Crippen LogP) is 11.9. The summed E-state index contributed by atoms with van der Waals surface area (Å²) in [5, 5.41) is 2.61. The predicted molar refractivity (Wildman–Crippen MR) is 187 cm³/mol. The van der Waals surface area contributed by atoms with Crippen molar-refractivity contribution in [1.29, 1.82) is 0 Å². The van der Waals surface area contributed by atoms with Gasteiger partial charge in [-0.05, 0) is 116 Å². The molecular formula is C43H33N. The number of anilines is 3. The van der Waals surface area contributed by atoms with Crippen LogP contribution in [0.15, 0.2) is 164 Å². The lowest BCUT2D eigenvalue weighted by Gasteiger charge is -2.25. The second-order valence-electron chi connectivity index (χ2n) is 12.3. The van der Waals surface area contributed by atoms with Gasteiger partial charge in [0.25, 0.3) is 0 Å². The first-order chi connectivity index (χ1) is 21.6. The summed E-state index contributed by atoms with van der Waals surface area (Å²) < 4.78 is 0. The second kappa shape index (κ2) is 10.4. The molecule has 7 aromatic rings.